The Labute approximate surface area is 77.6 Å². The van der Waals surface area contributed by atoms with E-state index in [-0.39, 0.29) is 0 Å². The molecular formula is C9H15NOS. The zero-order valence-corrected chi connectivity index (χ0v) is 8.57. The van der Waals surface area contributed by atoms with Gasteiger partial charge in [-0.3, -0.25) is 0 Å². The van der Waals surface area contributed by atoms with Gasteiger partial charge in [-0.25, -0.2) is 0 Å². The van der Waals surface area contributed by atoms with Crippen LogP contribution in [-0.4, -0.2) is 20.8 Å². The number of hydrogen-bond acceptors (Lipinski definition) is 3. The van der Waals surface area contributed by atoms with E-state index in [0.29, 0.717) is 6.04 Å². The van der Waals surface area contributed by atoms with Gasteiger partial charge in [-0.2, -0.15) is 0 Å². The van der Waals surface area contributed by atoms with Gasteiger partial charge in [0.1, 0.15) is 0 Å². The van der Waals surface area contributed by atoms with E-state index in [9.17, 15) is 0 Å². The average Bonchev–Trinajstić information content (AvgIpc) is 2.47. The van der Waals surface area contributed by atoms with Gasteiger partial charge in [0, 0.05) is 12.0 Å². The first-order valence-electron chi connectivity index (χ1n) is 3.99. The molecule has 0 saturated carbocycles. The summed E-state index contributed by atoms with van der Waals surface area (Å²) in [5.74, 6) is 0. The molecule has 0 radical (unpaired) electrons. The molecular weight excluding hydrogens is 170 g/mol. The number of likely N-dealkylation sites (N-methyl/N-ethyl adjacent to an activating group) is 1. The summed E-state index contributed by atoms with van der Waals surface area (Å²) >= 11 is 1.78. The molecule has 68 valence electrons. The molecule has 0 fully saturated rings. The van der Waals surface area contributed by atoms with Crippen molar-refractivity contribution in [3.05, 3.63) is 21.9 Å². The van der Waals surface area contributed by atoms with Crippen LogP contribution >= 0.6 is 11.3 Å². The molecule has 1 aromatic rings. The molecule has 1 heterocycles. The van der Waals surface area contributed by atoms with E-state index in [1.54, 1.807) is 18.4 Å². The van der Waals surface area contributed by atoms with E-state index in [4.69, 9.17) is 4.74 Å². The Balaban J connectivity index is 2.66. The number of aryl methyl sites for hydroxylation is 1. The minimum Gasteiger partial charge on any atom is -0.383 e. The standard InChI is InChI=1S/C9H15NOS/c1-7-4-8(6-12-7)9(10-2)5-11-3/h4,6,9-10H,5H2,1-3H3. The summed E-state index contributed by atoms with van der Waals surface area (Å²) in [5.41, 5.74) is 1.32. The molecule has 0 aliphatic heterocycles. The van der Waals surface area contributed by atoms with E-state index in [1.807, 2.05) is 7.05 Å². The second-order valence-corrected chi connectivity index (χ2v) is 3.90. The summed E-state index contributed by atoms with van der Waals surface area (Å²) in [7, 11) is 3.68. The van der Waals surface area contributed by atoms with Gasteiger partial charge in [0.15, 0.2) is 0 Å². The molecule has 1 N–H and O–H groups in total. The molecule has 2 nitrogen and oxygen atoms in total. The fourth-order valence-corrected chi connectivity index (χ4v) is 1.92. The molecule has 0 bridgehead atoms. The van der Waals surface area contributed by atoms with Gasteiger partial charge in [-0.05, 0) is 31.0 Å². The Hall–Kier alpha value is -0.380. The zero-order chi connectivity index (χ0) is 8.97. The van der Waals surface area contributed by atoms with Crippen molar-refractivity contribution in [3.8, 4) is 0 Å². The molecule has 1 unspecified atom stereocenters. The second kappa shape index (κ2) is 4.60. The maximum atomic E-state index is 5.10. The summed E-state index contributed by atoms with van der Waals surface area (Å²) in [6.45, 7) is 2.85. The minimum absolute atomic E-state index is 0.333. The van der Waals surface area contributed by atoms with E-state index in [1.165, 1.54) is 10.4 Å². The Morgan fingerprint density at radius 3 is 2.83 bits per heavy atom. The second-order valence-electron chi connectivity index (χ2n) is 2.79. The highest BCUT2D eigenvalue weighted by molar-refractivity contribution is 7.10. The van der Waals surface area contributed by atoms with Crippen LogP contribution in [0.5, 0.6) is 0 Å². The SMILES string of the molecule is CNC(COC)c1csc(C)c1. The first-order chi connectivity index (χ1) is 5.77. The van der Waals surface area contributed by atoms with Crippen LogP contribution in [0.1, 0.15) is 16.5 Å². The van der Waals surface area contributed by atoms with Crippen molar-refractivity contribution in [1.82, 2.24) is 5.32 Å². The lowest BCUT2D eigenvalue weighted by molar-refractivity contribution is 0.170. The number of thiophene rings is 1. The Morgan fingerprint density at radius 1 is 1.67 bits per heavy atom. The number of methoxy groups -OCH3 is 1. The van der Waals surface area contributed by atoms with Crippen LogP contribution in [0.3, 0.4) is 0 Å². The summed E-state index contributed by atoms with van der Waals surface area (Å²) in [6, 6.07) is 2.53. The van der Waals surface area contributed by atoms with Crippen molar-refractivity contribution >= 4 is 11.3 Å². The monoisotopic (exact) mass is 185 g/mol. The van der Waals surface area contributed by atoms with Crippen LogP contribution in [0.4, 0.5) is 0 Å². The first-order valence-corrected chi connectivity index (χ1v) is 4.87. The number of nitrogens with one attached hydrogen (secondary N) is 1. The molecule has 3 heteroatoms. The average molecular weight is 185 g/mol. The predicted molar refractivity (Wildman–Crippen MR) is 52.7 cm³/mol. The number of hydrogen-bond donors (Lipinski definition) is 1. The molecule has 0 aliphatic carbocycles. The van der Waals surface area contributed by atoms with Crippen LogP contribution in [-0.2, 0) is 4.74 Å². The molecule has 1 aromatic heterocycles. The van der Waals surface area contributed by atoms with E-state index in [0.717, 1.165) is 6.61 Å². The van der Waals surface area contributed by atoms with Crippen LogP contribution < -0.4 is 5.32 Å². The molecule has 12 heavy (non-hydrogen) atoms. The van der Waals surface area contributed by atoms with E-state index < -0.39 is 0 Å². The third-order valence-corrected chi connectivity index (χ3v) is 2.71. The molecule has 0 aliphatic rings. The van der Waals surface area contributed by atoms with Crippen LogP contribution in [0.2, 0.25) is 0 Å². The summed E-state index contributed by atoms with van der Waals surface area (Å²) in [6.07, 6.45) is 0. The van der Waals surface area contributed by atoms with Crippen molar-refractivity contribution < 1.29 is 4.74 Å². The van der Waals surface area contributed by atoms with Gasteiger partial charge >= 0.3 is 0 Å². The van der Waals surface area contributed by atoms with Crippen molar-refractivity contribution in [2.45, 2.75) is 13.0 Å². The van der Waals surface area contributed by atoms with Crippen molar-refractivity contribution in [1.29, 1.82) is 0 Å². The van der Waals surface area contributed by atoms with Gasteiger partial charge in [-0.15, -0.1) is 11.3 Å². The number of ether oxygens (including phenoxy) is 1. The third kappa shape index (κ3) is 2.30. The van der Waals surface area contributed by atoms with Crippen LogP contribution in [0.25, 0.3) is 0 Å². The molecule has 0 spiro atoms. The normalized spacial score (nSPS) is 13.2. The van der Waals surface area contributed by atoms with Gasteiger partial charge in [0.2, 0.25) is 0 Å². The lowest BCUT2D eigenvalue weighted by Gasteiger charge is -2.12. The summed E-state index contributed by atoms with van der Waals surface area (Å²) < 4.78 is 5.10. The van der Waals surface area contributed by atoms with Crippen molar-refractivity contribution in [2.24, 2.45) is 0 Å². The third-order valence-electron chi connectivity index (χ3n) is 1.83. The van der Waals surface area contributed by atoms with E-state index >= 15 is 0 Å². The number of rotatable bonds is 4. The smallest absolute Gasteiger partial charge is 0.0657 e. The lowest BCUT2D eigenvalue weighted by Crippen LogP contribution is -2.20. The maximum Gasteiger partial charge on any atom is 0.0657 e. The van der Waals surface area contributed by atoms with Gasteiger partial charge in [0.25, 0.3) is 0 Å². The van der Waals surface area contributed by atoms with Gasteiger partial charge in [0.05, 0.1) is 12.6 Å². The fraction of sp³-hybridized carbons (Fsp3) is 0.556. The van der Waals surface area contributed by atoms with Crippen molar-refractivity contribution in [3.63, 3.8) is 0 Å². The highest BCUT2D eigenvalue weighted by atomic mass is 32.1. The maximum absolute atomic E-state index is 5.10. The van der Waals surface area contributed by atoms with Crippen molar-refractivity contribution in [2.75, 3.05) is 20.8 Å². The quantitative estimate of drug-likeness (QED) is 0.774. The minimum atomic E-state index is 0.333. The molecule has 0 saturated heterocycles. The fourth-order valence-electron chi connectivity index (χ4n) is 1.16. The lowest BCUT2D eigenvalue weighted by atomic mass is 10.1. The van der Waals surface area contributed by atoms with Gasteiger partial charge in [-0.1, -0.05) is 0 Å². The Kier molecular flexibility index (Phi) is 3.72. The first kappa shape index (κ1) is 9.71. The highest BCUT2D eigenvalue weighted by Crippen LogP contribution is 2.19. The molecule has 0 amide bonds. The van der Waals surface area contributed by atoms with Crippen LogP contribution in [0.15, 0.2) is 11.4 Å². The molecule has 0 aromatic carbocycles. The Morgan fingerprint density at radius 2 is 2.42 bits per heavy atom. The molecule has 1 atom stereocenters. The summed E-state index contributed by atoms with van der Waals surface area (Å²) in [4.78, 5) is 1.35. The highest BCUT2D eigenvalue weighted by Gasteiger charge is 2.09. The van der Waals surface area contributed by atoms with E-state index in [2.05, 4.69) is 23.7 Å². The largest absolute Gasteiger partial charge is 0.383 e. The zero-order valence-electron chi connectivity index (χ0n) is 7.76. The molecule has 1 rings (SSSR count). The van der Waals surface area contributed by atoms with Crippen LogP contribution in [0, 0.1) is 6.92 Å². The topological polar surface area (TPSA) is 21.3 Å². The Bertz CT molecular complexity index is 234. The van der Waals surface area contributed by atoms with Gasteiger partial charge < -0.3 is 10.1 Å². The summed E-state index contributed by atoms with van der Waals surface area (Å²) in [5, 5.41) is 5.39. The predicted octanol–water partition coefficient (Wildman–Crippen LogP) is 1.96.